The Morgan fingerprint density at radius 2 is 2.14 bits per heavy atom. The molecule has 1 aromatic carbocycles. The van der Waals surface area contributed by atoms with E-state index in [9.17, 15) is 9.90 Å². The van der Waals surface area contributed by atoms with Crippen LogP contribution in [0.3, 0.4) is 0 Å². The van der Waals surface area contributed by atoms with Crippen LogP contribution in [0, 0.1) is 0 Å². The van der Waals surface area contributed by atoms with Gasteiger partial charge in [-0.2, -0.15) is 0 Å². The molecule has 0 bridgehead atoms. The Kier molecular flexibility index (Phi) is 3.66. The molecule has 7 heteroatoms. The number of aromatic nitrogens is 2. The van der Waals surface area contributed by atoms with Crippen molar-refractivity contribution in [3.8, 4) is 5.88 Å². The molecule has 0 atom stereocenters. The first-order chi connectivity index (χ1) is 10.7. The monoisotopic (exact) mass is 302 g/mol. The summed E-state index contributed by atoms with van der Waals surface area (Å²) >= 11 is 0. The Morgan fingerprint density at radius 3 is 2.82 bits per heavy atom. The molecule has 0 radical (unpaired) electrons. The minimum atomic E-state index is -1.44. The van der Waals surface area contributed by atoms with E-state index in [-0.39, 0.29) is 19.1 Å². The Morgan fingerprint density at radius 1 is 1.32 bits per heavy atom. The van der Waals surface area contributed by atoms with Crippen LogP contribution in [-0.2, 0) is 18.0 Å². The highest BCUT2D eigenvalue weighted by Gasteiger charge is 2.18. The number of carboxylic acid groups (broad SMARTS) is 1. The van der Waals surface area contributed by atoms with Crippen LogP contribution < -0.4 is 4.74 Å². The van der Waals surface area contributed by atoms with Crippen molar-refractivity contribution in [1.82, 2.24) is 9.97 Å². The van der Waals surface area contributed by atoms with Crippen LogP contribution in [0.15, 0.2) is 24.4 Å². The van der Waals surface area contributed by atoms with Crippen molar-refractivity contribution in [3.05, 3.63) is 35.5 Å². The third-order valence-corrected chi connectivity index (χ3v) is 3.45. The third kappa shape index (κ3) is 2.26. The topological polar surface area (TPSA) is 105 Å². The van der Waals surface area contributed by atoms with Gasteiger partial charge in [0, 0.05) is 23.4 Å². The Balaban J connectivity index is 2.39. The predicted molar refractivity (Wildman–Crippen MR) is 78.9 cm³/mol. The van der Waals surface area contributed by atoms with E-state index in [1.165, 1.54) is 13.3 Å². The number of aromatic amines is 1. The molecule has 0 aliphatic rings. The molecule has 22 heavy (non-hydrogen) atoms. The SMILES string of the molecule is COCc1c(OC(=O)O)ncc2[nH]c3cccc(CO)c3c12. The summed E-state index contributed by atoms with van der Waals surface area (Å²) in [4.78, 5) is 18.1. The van der Waals surface area contributed by atoms with Crippen molar-refractivity contribution in [2.24, 2.45) is 0 Å². The summed E-state index contributed by atoms with van der Waals surface area (Å²) in [6.07, 6.45) is 0.0694. The molecular weight excluding hydrogens is 288 g/mol. The highest BCUT2D eigenvalue weighted by atomic mass is 16.7. The van der Waals surface area contributed by atoms with E-state index in [4.69, 9.17) is 14.6 Å². The number of hydrogen-bond donors (Lipinski definition) is 3. The Labute approximate surface area is 125 Å². The van der Waals surface area contributed by atoms with Crippen LogP contribution >= 0.6 is 0 Å². The fourth-order valence-corrected chi connectivity index (χ4v) is 2.64. The van der Waals surface area contributed by atoms with E-state index in [0.717, 1.165) is 27.4 Å². The van der Waals surface area contributed by atoms with E-state index in [1.807, 2.05) is 18.2 Å². The van der Waals surface area contributed by atoms with Crippen LogP contribution in [0.2, 0.25) is 0 Å². The summed E-state index contributed by atoms with van der Waals surface area (Å²) in [7, 11) is 1.51. The summed E-state index contributed by atoms with van der Waals surface area (Å²) in [5, 5.41) is 20.0. The zero-order valence-corrected chi connectivity index (χ0v) is 11.8. The van der Waals surface area contributed by atoms with Crippen LogP contribution in [0.25, 0.3) is 21.8 Å². The molecule has 114 valence electrons. The van der Waals surface area contributed by atoms with E-state index in [0.29, 0.717) is 5.56 Å². The number of nitrogens with zero attached hydrogens (tertiary/aromatic N) is 1. The van der Waals surface area contributed by atoms with Crippen molar-refractivity contribution in [2.75, 3.05) is 7.11 Å². The molecule has 0 aliphatic heterocycles. The first-order valence-electron chi connectivity index (χ1n) is 6.57. The van der Waals surface area contributed by atoms with Crippen LogP contribution in [0.5, 0.6) is 5.88 Å². The second-order valence-corrected chi connectivity index (χ2v) is 4.75. The van der Waals surface area contributed by atoms with Crippen molar-refractivity contribution < 1.29 is 24.5 Å². The minimum absolute atomic E-state index is 0.0181. The molecule has 0 spiro atoms. The lowest BCUT2D eigenvalue weighted by Gasteiger charge is -2.09. The maximum absolute atomic E-state index is 10.8. The van der Waals surface area contributed by atoms with Gasteiger partial charge in [0.2, 0.25) is 5.88 Å². The number of nitrogens with one attached hydrogen (secondary N) is 1. The number of rotatable bonds is 4. The van der Waals surface area contributed by atoms with Crippen LogP contribution in [0.1, 0.15) is 11.1 Å². The Hall–Kier alpha value is -2.64. The van der Waals surface area contributed by atoms with E-state index in [1.54, 1.807) is 0 Å². The van der Waals surface area contributed by atoms with Gasteiger partial charge in [0.25, 0.3) is 0 Å². The zero-order chi connectivity index (χ0) is 15.7. The molecule has 0 fully saturated rings. The number of methoxy groups -OCH3 is 1. The van der Waals surface area contributed by atoms with Gasteiger partial charge < -0.3 is 24.7 Å². The van der Waals surface area contributed by atoms with Crippen LogP contribution in [-0.4, -0.2) is 33.4 Å². The number of H-pyrrole nitrogens is 1. The van der Waals surface area contributed by atoms with Gasteiger partial charge in [-0.25, -0.2) is 9.78 Å². The average molecular weight is 302 g/mol. The highest BCUT2D eigenvalue weighted by molar-refractivity contribution is 6.10. The summed E-state index contributed by atoms with van der Waals surface area (Å²) in [5.41, 5.74) is 2.80. The van der Waals surface area contributed by atoms with E-state index in [2.05, 4.69) is 9.97 Å². The standard InChI is InChI=1S/C15H14N2O5/c1-21-7-9-13-11(5-16-14(9)22-15(19)20)17-10-4-2-3-8(6-18)12(10)13/h2-5,17-18H,6-7H2,1H3,(H,19,20). The van der Waals surface area contributed by atoms with Gasteiger partial charge in [-0.1, -0.05) is 12.1 Å². The highest BCUT2D eigenvalue weighted by Crippen LogP contribution is 2.34. The number of aliphatic hydroxyl groups excluding tert-OH is 1. The number of benzene rings is 1. The fourth-order valence-electron chi connectivity index (χ4n) is 2.64. The maximum Gasteiger partial charge on any atom is 0.512 e. The quantitative estimate of drug-likeness (QED) is 0.639. The van der Waals surface area contributed by atoms with Crippen molar-refractivity contribution in [1.29, 1.82) is 0 Å². The lowest BCUT2D eigenvalue weighted by molar-refractivity contribution is 0.139. The van der Waals surface area contributed by atoms with Gasteiger partial charge >= 0.3 is 6.16 Å². The molecule has 0 aliphatic carbocycles. The Bertz CT molecular complexity index is 856. The first kappa shape index (κ1) is 14.3. The van der Waals surface area contributed by atoms with Gasteiger partial charge in [-0.05, 0) is 11.6 Å². The first-order valence-corrected chi connectivity index (χ1v) is 6.57. The summed E-state index contributed by atoms with van der Waals surface area (Å²) < 4.78 is 9.91. The van der Waals surface area contributed by atoms with Crippen molar-refractivity contribution in [3.63, 3.8) is 0 Å². The minimum Gasteiger partial charge on any atom is -0.449 e. The number of carbonyl (C=O) groups is 1. The van der Waals surface area contributed by atoms with Gasteiger partial charge in [0.1, 0.15) is 0 Å². The molecule has 0 saturated carbocycles. The largest absolute Gasteiger partial charge is 0.512 e. The second kappa shape index (κ2) is 5.63. The lowest BCUT2D eigenvalue weighted by Crippen LogP contribution is -2.07. The molecule has 3 rings (SSSR count). The molecule has 2 aromatic heterocycles. The van der Waals surface area contributed by atoms with Gasteiger partial charge in [0.05, 0.1) is 30.5 Å². The zero-order valence-electron chi connectivity index (χ0n) is 11.8. The maximum atomic E-state index is 10.8. The number of ether oxygens (including phenoxy) is 2. The average Bonchev–Trinajstić information content (AvgIpc) is 2.88. The molecule has 0 amide bonds. The fraction of sp³-hybridized carbons (Fsp3) is 0.200. The number of fused-ring (bicyclic) bond motifs is 3. The molecular formula is C15H14N2O5. The summed E-state index contributed by atoms with van der Waals surface area (Å²) in [6.45, 7) is 0.00777. The number of hydrogen-bond acceptors (Lipinski definition) is 5. The normalized spacial score (nSPS) is 11.2. The van der Waals surface area contributed by atoms with Gasteiger partial charge in [-0.3, -0.25) is 0 Å². The van der Waals surface area contributed by atoms with Crippen molar-refractivity contribution in [2.45, 2.75) is 13.2 Å². The predicted octanol–water partition coefficient (Wildman–Crippen LogP) is 2.41. The number of aliphatic hydroxyl groups is 1. The summed E-state index contributed by atoms with van der Waals surface area (Å²) in [6, 6.07) is 5.52. The number of pyridine rings is 1. The van der Waals surface area contributed by atoms with E-state index < -0.39 is 6.16 Å². The molecule has 0 saturated heterocycles. The van der Waals surface area contributed by atoms with Gasteiger partial charge in [0.15, 0.2) is 0 Å². The molecule has 7 nitrogen and oxygen atoms in total. The smallest absolute Gasteiger partial charge is 0.449 e. The summed E-state index contributed by atoms with van der Waals surface area (Å²) in [5.74, 6) is -0.0181. The molecule has 3 aromatic rings. The van der Waals surface area contributed by atoms with E-state index >= 15 is 0 Å². The molecule has 3 N–H and O–H groups in total. The second-order valence-electron chi connectivity index (χ2n) is 4.75. The molecule has 0 unspecified atom stereocenters. The van der Waals surface area contributed by atoms with Crippen LogP contribution in [0.4, 0.5) is 4.79 Å². The third-order valence-electron chi connectivity index (χ3n) is 3.45. The van der Waals surface area contributed by atoms with Gasteiger partial charge in [-0.15, -0.1) is 0 Å². The molecule has 2 heterocycles. The lowest BCUT2D eigenvalue weighted by atomic mass is 10.0. The van der Waals surface area contributed by atoms with Crippen molar-refractivity contribution >= 4 is 28.0 Å².